The van der Waals surface area contributed by atoms with Gasteiger partial charge in [-0.3, -0.25) is 0 Å². The molecule has 0 bridgehead atoms. The van der Waals surface area contributed by atoms with Gasteiger partial charge in [0, 0.05) is 43.4 Å². The van der Waals surface area contributed by atoms with E-state index in [9.17, 15) is 40.9 Å². The predicted molar refractivity (Wildman–Crippen MR) is 196 cm³/mol. The molecule has 0 aliphatic rings. The van der Waals surface area contributed by atoms with Gasteiger partial charge >= 0.3 is 0 Å². The second kappa shape index (κ2) is 10.6. The summed E-state index contributed by atoms with van der Waals surface area (Å²) in [6.07, 6.45) is 0. The van der Waals surface area contributed by atoms with Crippen LogP contribution in [0.1, 0.15) is 0 Å². The van der Waals surface area contributed by atoms with Crippen LogP contribution in [-0.4, -0.2) is 40.9 Å². The van der Waals surface area contributed by atoms with Gasteiger partial charge in [-0.15, -0.1) is 0 Å². The molecule has 1 aromatic heterocycles. The summed E-state index contributed by atoms with van der Waals surface area (Å²) >= 11 is 0. The molecule has 0 spiro atoms. The average molecular weight is 675 g/mol. The third kappa shape index (κ3) is 4.09. The van der Waals surface area contributed by atoms with E-state index in [0.29, 0.717) is 33.1 Å². The number of fused-ring (bicyclic) bond motifs is 6. The molecule has 51 heavy (non-hydrogen) atoms. The Hall–Kier alpha value is -7.26. The number of hydrogen-bond donors (Lipinski definition) is 8. The van der Waals surface area contributed by atoms with Crippen LogP contribution in [0.15, 0.2) is 114 Å². The maximum Gasteiger partial charge on any atom is 0.204 e. The molecule has 8 N–H and O–H groups in total. The van der Waals surface area contributed by atoms with Gasteiger partial charge in [0.25, 0.3) is 0 Å². The summed E-state index contributed by atoms with van der Waals surface area (Å²) in [6.45, 7) is 0. The van der Waals surface area contributed by atoms with Crippen molar-refractivity contribution in [3.63, 3.8) is 0 Å². The zero-order valence-corrected chi connectivity index (χ0v) is 26.4. The van der Waals surface area contributed by atoms with Gasteiger partial charge in [0.2, 0.25) is 23.0 Å². The average Bonchev–Trinajstić information content (AvgIpc) is 3.53. The zero-order valence-electron chi connectivity index (χ0n) is 26.4. The topological polar surface area (TPSA) is 175 Å². The molecule has 0 aliphatic heterocycles. The Balaban J connectivity index is 1.54. The molecule has 9 rings (SSSR count). The van der Waals surface area contributed by atoms with Crippen molar-refractivity contribution in [1.82, 2.24) is 0 Å². The number of aromatic hydroxyl groups is 8. The predicted octanol–water partition coefficient (Wildman–Crippen LogP) is 9.69. The highest BCUT2D eigenvalue weighted by Crippen LogP contribution is 2.62. The summed E-state index contributed by atoms with van der Waals surface area (Å²) in [5.74, 6) is -7.51. The Morgan fingerprint density at radius 3 is 1.43 bits per heavy atom. The van der Waals surface area contributed by atoms with Crippen LogP contribution in [0.25, 0.3) is 87.6 Å². The largest absolute Gasteiger partial charge is 0.504 e. The van der Waals surface area contributed by atoms with E-state index < -0.39 is 46.0 Å². The number of benzene rings is 8. The number of rotatable bonds is 3. The molecule has 0 atom stereocenters. The van der Waals surface area contributed by atoms with E-state index in [1.165, 1.54) is 0 Å². The smallest absolute Gasteiger partial charge is 0.204 e. The summed E-state index contributed by atoms with van der Waals surface area (Å²) in [6, 6.07) is 32.9. The Morgan fingerprint density at radius 1 is 0.333 bits per heavy atom. The number of furan rings is 1. The minimum atomic E-state index is -1.04. The Kier molecular flexibility index (Phi) is 6.21. The third-order valence-corrected chi connectivity index (χ3v) is 9.68. The Labute approximate surface area is 287 Å². The fourth-order valence-corrected chi connectivity index (χ4v) is 7.38. The minimum absolute atomic E-state index is 0.0250. The van der Waals surface area contributed by atoms with E-state index in [-0.39, 0.29) is 32.7 Å². The zero-order chi connectivity index (χ0) is 35.3. The van der Waals surface area contributed by atoms with Crippen LogP contribution in [0.3, 0.4) is 0 Å². The van der Waals surface area contributed by atoms with Gasteiger partial charge in [0.05, 0.1) is 0 Å². The highest BCUT2D eigenvalue weighted by atomic mass is 16.4. The monoisotopic (exact) mass is 674 g/mol. The first-order valence-electron chi connectivity index (χ1n) is 15.9. The van der Waals surface area contributed by atoms with Crippen molar-refractivity contribution in [3.8, 4) is 79.4 Å². The fourth-order valence-electron chi connectivity index (χ4n) is 7.38. The van der Waals surface area contributed by atoms with E-state index in [0.717, 1.165) is 21.9 Å². The molecule has 248 valence electrons. The molecule has 0 radical (unpaired) electrons. The normalized spacial score (nSPS) is 11.8. The van der Waals surface area contributed by atoms with Crippen molar-refractivity contribution in [1.29, 1.82) is 0 Å². The first kappa shape index (κ1) is 29.8. The van der Waals surface area contributed by atoms with E-state index in [1.54, 1.807) is 36.4 Å². The van der Waals surface area contributed by atoms with Gasteiger partial charge in [-0.25, -0.2) is 0 Å². The second-order valence-corrected chi connectivity index (χ2v) is 12.5. The van der Waals surface area contributed by atoms with E-state index in [4.69, 9.17) is 4.42 Å². The first-order chi connectivity index (χ1) is 24.7. The standard InChI is InChI=1S/C42H26O9/c43-35-31-28(23-13-6-12-20(16-23)19-8-2-1-3-9-19)32-34(38(46)42(50)40(48)36(32)44)30(33(31)37(45)41(49)39(35)47)24-14-7-15-26-29(24)25-17-21-10-4-5-11-22(21)18-27(25)51-26/h1-18,43-50H. The van der Waals surface area contributed by atoms with Gasteiger partial charge in [0.15, 0.2) is 23.0 Å². The fraction of sp³-hybridized carbons (Fsp3) is 0. The lowest BCUT2D eigenvalue weighted by Gasteiger charge is -2.23. The van der Waals surface area contributed by atoms with Crippen LogP contribution in [0, 0.1) is 0 Å². The minimum Gasteiger partial charge on any atom is -0.504 e. The van der Waals surface area contributed by atoms with Gasteiger partial charge in [0.1, 0.15) is 11.2 Å². The van der Waals surface area contributed by atoms with Crippen molar-refractivity contribution in [3.05, 3.63) is 109 Å². The molecule has 8 aromatic carbocycles. The lowest BCUT2D eigenvalue weighted by atomic mass is 9.82. The molecule has 0 aliphatic carbocycles. The van der Waals surface area contributed by atoms with Crippen molar-refractivity contribution < 1.29 is 45.3 Å². The van der Waals surface area contributed by atoms with Crippen LogP contribution >= 0.6 is 0 Å². The summed E-state index contributed by atoms with van der Waals surface area (Å²) in [7, 11) is 0. The highest BCUT2D eigenvalue weighted by molar-refractivity contribution is 6.31. The SMILES string of the molecule is Oc1c(O)c(O)c2c(-c3cccc4oc5cc6ccccc6cc5c34)c3c(O)c(O)c(O)c(O)c3c(-c3cccc(-c4ccccc4)c3)c2c1O. The molecular weight excluding hydrogens is 648 g/mol. The molecule has 0 unspecified atom stereocenters. The van der Waals surface area contributed by atoms with Gasteiger partial charge in [-0.2, -0.15) is 0 Å². The maximum absolute atomic E-state index is 11.7. The van der Waals surface area contributed by atoms with Crippen molar-refractivity contribution in [2.24, 2.45) is 0 Å². The van der Waals surface area contributed by atoms with E-state index >= 15 is 0 Å². The highest BCUT2D eigenvalue weighted by Gasteiger charge is 2.33. The molecule has 0 saturated carbocycles. The summed E-state index contributed by atoms with van der Waals surface area (Å²) < 4.78 is 6.29. The molecule has 9 aromatic rings. The van der Waals surface area contributed by atoms with E-state index in [1.807, 2.05) is 72.8 Å². The Bertz CT molecular complexity index is 2860. The van der Waals surface area contributed by atoms with Crippen molar-refractivity contribution >= 4 is 54.3 Å². The molecule has 0 saturated heterocycles. The molecular formula is C42H26O9. The molecule has 0 amide bonds. The molecule has 0 fully saturated rings. The maximum atomic E-state index is 11.7. The van der Waals surface area contributed by atoms with Crippen molar-refractivity contribution in [2.75, 3.05) is 0 Å². The van der Waals surface area contributed by atoms with Crippen LogP contribution in [0.5, 0.6) is 46.0 Å². The van der Waals surface area contributed by atoms with Gasteiger partial charge < -0.3 is 45.3 Å². The lowest BCUT2D eigenvalue weighted by Crippen LogP contribution is -1.95. The quantitative estimate of drug-likeness (QED) is 0.0515. The number of phenolic OH excluding ortho intramolecular Hbond substituents is 8. The van der Waals surface area contributed by atoms with E-state index in [2.05, 4.69) is 0 Å². The molecule has 9 nitrogen and oxygen atoms in total. The third-order valence-electron chi connectivity index (χ3n) is 9.68. The summed E-state index contributed by atoms with van der Waals surface area (Å²) in [5.41, 5.74) is 3.06. The lowest BCUT2D eigenvalue weighted by molar-refractivity contribution is 0.350. The first-order valence-corrected chi connectivity index (χ1v) is 15.9. The summed E-state index contributed by atoms with van der Waals surface area (Å²) in [5, 5.41) is 92.8. The van der Waals surface area contributed by atoms with Crippen LogP contribution < -0.4 is 0 Å². The van der Waals surface area contributed by atoms with Gasteiger partial charge in [-0.1, -0.05) is 84.9 Å². The Morgan fingerprint density at radius 2 is 0.824 bits per heavy atom. The van der Waals surface area contributed by atoms with Gasteiger partial charge in [-0.05, 0) is 57.3 Å². The number of phenols is 8. The van der Waals surface area contributed by atoms with Crippen molar-refractivity contribution in [2.45, 2.75) is 0 Å². The molecule has 1 heterocycles. The van der Waals surface area contributed by atoms with Crippen LogP contribution in [-0.2, 0) is 0 Å². The summed E-state index contributed by atoms with van der Waals surface area (Å²) in [4.78, 5) is 0. The van der Waals surface area contributed by atoms with Crippen LogP contribution in [0.2, 0.25) is 0 Å². The van der Waals surface area contributed by atoms with Crippen LogP contribution in [0.4, 0.5) is 0 Å². The second-order valence-electron chi connectivity index (χ2n) is 12.5. The molecule has 9 heteroatoms. The number of hydrogen-bond acceptors (Lipinski definition) is 9.